The van der Waals surface area contributed by atoms with Gasteiger partial charge in [0.2, 0.25) is 5.96 Å². The van der Waals surface area contributed by atoms with Gasteiger partial charge in [-0.2, -0.15) is 0 Å². The predicted molar refractivity (Wildman–Crippen MR) is 199 cm³/mol. The van der Waals surface area contributed by atoms with Gasteiger partial charge in [0.25, 0.3) is 0 Å². The van der Waals surface area contributed by atoms with E-state index < -0.39 is 0 Å². The third-order valence-corrected chi connectivity index (χ3v) is 11.3. The average molecular weight is 632 g/mol. The molecule has 4 heterocycles. The van der Waals surface area contributed by atoms with Gasteiger partial charge in [-0.15, -0.1) is 0 Å². The molecule has 2 aliphatic heterocycles. The van der Waals surface area contributed by atoms with Gasteiger partial charge in [-0.1, -0.05) is 109 Å². The zero-order chi connectivity index (χ0) is 32.1. The highest BCUT2D eigenvalue weighted by Crippen LogP contribution is 2.63. The van der Waals surface area contributed by atoms with E-state index in [1.807, 2.05) is 0 Å². The van der Waals surface area contributed by atoms with Gasteiger partial charge in [-0.3, -0.25) is 9.89 Å². The molecule has 0 amide bonds. The Kier molecular flexibility index (Phi) is 5.60. The lowest BCUT2D eigenvalue weighted by molar-refractivity contribution is 0.359. The SMILES string of the molecule is c1ccc2c(c1)-c1ccccc1C21c2ccccc2-c2c(-c3ccc4ccc5ccc(N6CCCN7CCCN=C76)nc5c4n3)cccc21. The molecule has 11 rings (SSSR count). The molecule has 0 unspecified atom stereocenters. The van der Waals surface area contributed by atoms with Crippen molar-refractivity contribution < 1.29 is 0 Å². The summed E-state index contributed by atoms with van der Waals surface area (Å²) < 4.78 is 0. The maximum absolute atomic E-state index is 5.47. The molecule has 5 nitrogen and oxygen atoms in total. The van der Waals surface area contributed by atoms with E-state index in [2.05, 4.69) is 137 Å². The lowest BCUT2D eigenvalue weighted by atomic mass is 9.70. The van der Waals surface area contributed by atoms with Crippen molar-refractivity contribution in [3.05, 3.63) is 150 Å². The second-order valence-electron chi connectivity index (χ2n) is 13.7. The van der Waals surface area contributed by atoms with E-state index in [0.29, 0.717) is 0 Å². The fraction of sp³-hybridized carbons (Fsp3) is 0.159. The fourth-order valence-corrected chi connectivity index (χ4v) is 9.26. The Bertz CT molecular complexity index is 2500. The van der Waals surface area contributed by atoms with E-state index in [4.69, 9.17) is 15.0 Å². The Labute approximate surface area is 285 Å². The number of hydrogen-bond acceptors (Lipinski definition) is 5. The Morgan fingerprint density at radius 3 is 1.86 bits per heavy atom. The van der Waals surface area contributed by atoms with Gasteiger partial charge < -0.3 is 4.90 Å². The first-order chi connectivity index (χ1) is 24.3. The molecule has 2 aliphatic carbocycles. The zero-order valence-electron chi connectivity index (χ0n) is 27.1. The van der Waals surface area contributed by atoms with Gasteiger partial charge in [0.1, 0.15) is 5.82 Å². The van der Waals surface area contributed by atoms with Crippen LogP contribution in [0.5, 0.6) is 0 Å². The summed E-state index contributed by atoms with van der Waals surface area (Å²) in [4.78, 5) is 20.5. The zero-order valence-corrected chi connectivity index (χ0v) is 27.1. The molecule has 0 atom stereocenters. The van der Waals surface area contributed by atoms with E-state index in [1.165, 1.54) is 44.5 Å². The minimum Gasteiger partial charge on any atom is -0.342 e. The summed E-state index contributed by atoms with van der Waals surface area (Å²) in [6, 6.07) is 46.9. The maximum Gasteiger partial charge on any atom is 0.202 e. The molecule has 49 heavy (non-hydrogen) atoms. The standard InChI is InChI=1S/C44H33N5/c1-4-14-34-30(10-1)31-11-2-5-15-35(31)44(34)36-16-6-3-12-32(36)40-33(13-7-17-37(40)44)38-22-20-28-18-19-29-21-23-39(47-42(29)41(28)46-38)49-27-9-26-48-25-8-24-45-43(48)49/h1-7,10-23H,8-9,24-27H2. The number of hydrogen-bond donors (Lipinski definition) is 0. The van der Waals surface area contributed by atoms with Crippen LogP contribution in [-0.4, -0.2) is 47.0 Å². The molecule has 0 radical (unpaired) electrons. The predicted octanol–water partition coefficient (Wildman–Crippen LogP) is 9.07. The van der Waals surface area contributed by atoms with E-state index >= 15 is 0 Å². The highest BCUT2D eigenvalue weighted by atomic mass is 15.4. The van der Waals surface area contributed by atoms with Crippen molar-refractivity contribution in [1.82, 2.24) is 14.9 Å². The molecule has 7 aromatic rings. The van der Waals surface area contributed by atoms with E-state index in [1.54, 1.807) is 0 Å². The molecule has 0 bridgehead atoms. The van der Waals surface area contributed by atoms with Crippen molar-refractivity contribution in [2.75, 3.05) is 31.1 Å². The lowest BCUT2D eigenvalue weighted by Crippen LogP contribution is -2.52. The summed E-state index contributed by atoms with van der Waals surface area (Å²) in [5.74, 6) is 2.02. The number of pyridine rings is 2. The number of nitrogens with zero attached hydrogens (tertiary/aromatic N) is 5. The van der Waals surface area contributed by atoms with Crippen molar-refractivity contribution in [2.45, 2.75) is 18.3 Å². The molecule has 234 valence electrons. The second-order valence-corrected chi connectivity index (χ2v) is 13.7. The first-order valence-corrected chi connectivity index (χ1v) is 17.5. The van der Waals surface area contributed by atoms with Crippen LogP contribution in [0.15, 0.2) is 132 Å². The number of rotatable bonds is 2. The lowest BCUT2D eigenvalue weighted by Gasteiger charge is -2.40. The Hall–Kier alpha value is -5.81. The van der Waals surface area contributed by atoms with Crippen LogP contribution in [0.2, 0.25) is 0 Å². The summed E-state index contributed by atoms with van der Waals surface area (Å²) in [6.07, 6.45) is 2.22. The van der Waals surface area contributed by atoms with E-state index in [-0.39, 0.29) is 5.41 Å². The van der Waals surface area contributed by atoms with Crippen molar-refractivity contribution in [3.63, 3.8) is 0 Å². The Morgan fingerprint density at radius 1 is 0.490 bits per heavy atom. The third kappa shape index (κ3) is 3.62. The minimum absolute atomic E-state index is 0.376. The second kappa shape index (κ2) is 10.1. The summed E-state index contributed by atoms with van der Waals surface area (Å²) in [5.41, 5.74) is 14.2. The van der Waals surface area contributed by atoms with Gasteiger partial charge in [0.05, 0.1) is 22.1 Å². The van der Waals surface area contributed by atoms with Gasteiger partial charge in [0.15, 0.2) is 0 Å². The summed E-state index contributed by atoms with van der Waals surface area (Å²) >= 11 is 0. The number of guanidine groups is 1. The third-order valence-electron chi connectivity index (χ3n) is 11.3. The average Bonchev–Trinajstić information content (AvgIpc) is 3.65. The maximum atomic E-state index is 5.47. The van der Waals surface area contributed by atoms with Crippen LogP contribution in [0.25, 0.3) is 55.3 Å². The van der Waals surface area contributed by atoms with Crippen LogP contribution in [-0.2, 0) is 5.41 Å². The van der Waals surface area contributed by atoms with E-state index in [9.17, 15) is 0 Å². The van der Waals surface area contributed by atoms with Crippen LogP contribution in [0.3, 0.4) is 0 Å². The molecular weight excluding hydrogens is 599 g/mol. The summed E-state index contributed by atoms with van der Waals surface area (Å²) in [6.45, 7) is 3.95. The first-order valence-electron chi connectivity index (χ1n) is 17.5. The molecule has 0 N–H and O–H groups in total. The molecule has 4 aliphatic rings. The monoisotopic (exact) mass is 631 g/mol. The van der Waals surface area contributed by atoms with Crippen molar-refractivity contribution in [2.24, 2.45) is 4.99 Å². The van der Waals surface area contributed by atoms with Gasteiger partial charge in [-0.25, -0.2) is 9.97 Å². The van der Waals surface area contributed by atoms with Crippen molar-refractivity contribution in [3.8, 4) is 33.5 Å². The largest absolute Gasteiger partial charge is 0.342 e. The molecule has 2 aromatic heterocycles. The first kappa shape index (κ1) is 27.2. The van der Waals surface area contributed by atoms with Crippen LogP contribution >= 0.6 is 0 Å². The highest BCUT2D eigenvalue weighted by Gasteiger charge is 2.52. The number of benzene rings is 5. The van der Waals surface area contributed by atoms with Crippen LogP contribution in [0.1, 0.15) is 35.1 Å². The van der Waals surface area contributed by atoms with Gasteiger partial charge >= 0.3 is 0 Å². The topological polar surface area (TPSA) is 44.6 Å². The number of fused-ring (bicyclic) bond motifs is 14. The molecule has 1 saturated heterocycles. The number of aliphatic imine (C=N–C) groups is 1. The molecule has 1 fully saturated rings. The molecule has 5 aromatic carbocycles. The normalized spacial score (nSPS) is 16.7. The number of anilines is 1. The Balaban J connectivity index is 1.13. The molecule has 1 spiro atoms. The van der Waals surface area contributed by atoms with E-state index in [0.717, 1.165) is 83.9 Å². The van der Waals surface area contributed by atoms with Crippen LogP contribution in [0.4, 0.5) is 5.82 Å². The quantitative estimate of drug-likeness (QED) is 0.179. The van der Waals surface area contributed by atoms with Crippen molar-refractivity contribution in [1.29, 1.82) is 0 Å². The van der Waals surface area contributed by atoms with Crippen molar-refractivity contribution >= 4 is 33.6 Å². The Morgan fingerprint density at radius 2 is 1.08 bits per heavy atom. The van der Waals surface area contributed by atoms with Crippen LogP contribution < -0.4 is 4.90 Å². The fourth-order valence-electron chi connectivity index (χ4n) is 9.26. The summed E-state index contributed by atoms with van der Waals surface area (Å²) in [5, 5.41) is 2.20. The van der Waals surface area contributed by atoms with Gasteiger partial charge in [-0.05, 0) is 75.5 Å². The van der Waals surface area contributed by atoms with Crippen LogP contribution in [0, 0.1) is 0 Å². The molecular formula is C44H33N5. The molecule has 0 saturated carbocycles. The number of aromatic nitrogens is 2. The molecule has 5 heteroatoms. The van der Waals surface area contributed by atoms with Gasteiger partial charge in [0, 0.05) is 42.5 Å². The summed E-state index contributed by atoms with van der Waals surface area (Å²) in [7, 11) is 0. The highest BCUT2D eigenvalue weighted by molar-refractivity contribution is 6.06. The smallest absolute Gasteiger partial charge is 0.202 e. The minimum atomic E-state index is -0.376.